The molecule has 2 aromatic rings. The lowest BCUT2D eigenvalue weighted by Gasteiger charge is -2.13. The summed E-state index contributed by atoms with van der Waals surface area (Å²) in [6.07, 6.45) is 1.59. The van der Waals surface area contributed by atoms with Gasteiger partial charge in [-0.05, 0) is 23.9 Å². The molecule has 2 N–H and O–H groups in total. The molecule has 0 fully saturated rings. The van der Waals surface area contributed by atoms with Crippen LogP contribution < -0.4 is 10.5 Å². The highest BCUT2D eigenvalue weighted by atomic mass is 16.5. The molecule has 0 aromatic heterocycles. The summed E-state index contributed by atoms with van der Waals surface area (Å²) in [4.78, 5) is 0. The lowest BCUT2D eigenvalue weighted by atomic mass is 9.97. The quantitative estimate of drug-likeness (QED) is 0.894. The molecule has 0 radical (unpaired) electrons. The van der Waals surface area contributed by atoms with Crippen LogP contribution in [0.3, 0.4) is 0 Å². The van der Waals surface area contributed by atoms with Crippen molar-refractivity contribution in [2.45, 2.75) is 12.8 Å². The van der Waals surface area contributed by atoms with Gasteiger partial charge in [0.05, 0.1) is 12.8 Å². The number of amidine groups is 1. The molecular formula is C15H15N3O. The summed E-state index contributed by atoms with van der Waals surface area (Å²) in [5, 5.41) is 10.4. The lowest BCUT2D eigenvalue weighted by molar-refractivity contribution is 0.420. The van der Waals surface area contributed by atoms with Crippen LogP contribution >= 0.6 is 0 Å². The standard InChI is InChI=1S/C15H15N3O/c1-19-14-8-6-11(10-4-2-3-5-12(10)14)13-7-9-15(16)18-17-13/h2-6,8H,7,9H2,1H3,(H2,16,18). The van der Waals surface area contributed by atoms with Crippen LogP contribution in [0.15, 0.2) is 46.6 Å². The van der Waals surface area contributed by atoms with Crippen LogP contribution in [0.5, 0.6) is 5.75 Å². The second kappa shape index (κ2) is 4.72. The molecule has 0 spiro atoms. The van der Waals surface area contributed by atoms with Crippen molar-refractivity contribution in [1.29, 1.82) is 0 Å². The predicted octanol–water partition coefficient (Wildman–Crippen LogP) is 2.70. The SMILES string of the molecule is COc1ccc(C2=NN=C(N)CC2)c2ccccc12. The molecule has 0 amide bonds. The first-order chi connectivity index (χ1) is 9.29. The Morgan fingerprint density at radius 3 is 2.47 bits per heavy atom. The Morgan fingerprint density at radius 2 is 1.79 bits per heavy atom. The lowest BCUT2D eigenvalue weighted by Crippen LogP contribution is -2.17. The minimum Gasteiger partial charge on any atom is -0.496 e. The summed E-state index contributed by atoms with van der Waals surface area (Å²) >= 11 is 0. The Balaban J connectivity index is 2.20. The highest BCUT2D eigenvalue weighted by Gasteiger charge is 2.14. The molecular weight excluding hydrogens is 238 g/mol. The maximum Gasteiger partial charge on any atom is 0.126 e. The fourth-order valence-corrected chi connectivity index (χ4v) is 2.36. The maximum absolute atomic E-state index is 5.66. The van der Waals surface area contributed by atoms with Gasteiger partial charge in [0.2, 0.25) is 0 Å². The summed E-state index contributed by atoms with van der Waals surface area (Å²) in [6, 6.07) is 12.2. The molecule has 4 nitrogen and oxygen atoms in total. The first kappa shape index (κ1) is 11.7. The summed E-state index contributed by atoms with van der Waals surface area (Å²) in [5.41, 5.74) is 7.74. The molecule has 0 saturated heterocycles. The van der Waals surface area contributed by atoms with Gasteiger partial charge in [0.25, 0.3) is 0 Å². The van der Waals surface area contributed by atoms with Crippen LogP contribution in [0.1, 0.15) is 18.4 Å². The van der Waals surface area contributed by atoms with Gasteiger partial charge >= 0.3 is 0 Å². The first-order valence-electron chi connectivity index (χ1n) is 6.24. The molecule has 0 aliphatic carbocycles. The van der Waals surface area contributed by atoms with E-state index in [9.17, 15) is 0 Å². The van der Waals surface area contributed by atoms with E-state index < -0.39 is 0 Å². The highest BCUT2D eigenvalue weighted by molar-refractivity contribution is 6.13. The Kier molecular flexibility index (Phi) is 2.91. The smallest absolute Gasteiger partial charge is 0.126 e. The van der Waals surface area contributed by atoms with Crippen molar-refractivity contribution in [1.82, 2.24) is 0 Å². The van der Waals surface area contributed by atoms with Gasteiger partial charge < -0.3 is 10.5 Å². The summed E-state index contributed by atoms with van der Waals surface area (Å²) < 4.78 is 5.40. The number of hydrogen-bond donors (Lipinski definition) is 1. The minimum atomic E-state index is 0.599. The van der Waals surface area contributed by atoms with E-state index in [-0.39, 0.29) is 0 Å². The van der Waals surface area contributed by atoms with Gasteiger partial charge in [0, 0.05) is 17.4 Å². The Hall–Kier alpha value is -2.36. The Morgan fingerprint density at radius 1 is 1.00 bits per heavy atom. The molecule has 1 aliphatic rings. The van der Waals surface area contributed by atoms with Crippen molar-refractivity contribution in [2.75, 3.05) is 7.11 Å². The van der Waals surface area contributed by atoms with Crippen molar-refractivity contribution in [3.63, 3.8) is 0 Å². The summed E-state index contributed by atoms with van der Waals surface area (Å²) in [6.45, 7) is 0. The third kappa shape index (κ3) is 2.05. The number of nitrogens with zero attached hydrogens (tertiary/aromatic N) is 2. The van der Waals surface area contributed by atoms with E-state index in [0.717, 1.165) is 40.6 Å². The molecule has 0 bridgehead atoms. The second-order valence-corrected chi connectivity index (χ2v) is 4.50. The van der Waals surface area contributed by atoms with Crippen LogP contribution in [-0.4, -0.2) is 18.7 Å². The molecule has 0 atom stereocenters. The second-order valence-electron chi connectivity index (χ2n) is 4.50. The van der Waals surface area contributed by atoms with Crippen molar-refractivity contribution in [3.8, 4) is 5.75 Å². The number of nitrogens with two attached hydrogens (primary N) is 1. The van der Waals surface area contributed by atoms with Gasteiger partial charge in [0.1, 0.15) is 11.6 Å². The normalized spacial score (nSPS) is 15.0. The zero-order valence-electron chi connectivity index (χ0n) is 10.8. The van der Waals surface area contributed by atoms with Crippen LogP contribution in [0, 0.1) is 0 Å². The van der Waals surface area contributed by atoms with E-state index in [1.54, 1.807) is 7.11 Å². The average Bonchev–Trinajstić information content (AvgIpc) is 2.47. The van der Waals surface area contributed by atoms with E-state index in [0.29, 0.717) is 5.84 Å². The van der Waals surface area contributed by atoms with Gasteiger partial charge in [-0.1, -0.05) is 24.3 Å². The third-order valence-corrected chi connectivity index (χ3v) is 3.33. The topological polar surface area (TPSA) is 60.0 Å². The number of methoxy groups -OCH3 is 1. The van der Waals surface area contributed by atoms with Crippen molar-refractivity contribution < 1.29 is 4.74 Å². The summed E-state index contributed by atoms with van der Waals surface area (Å²) in [5.74, 6) is 1.47. The van der Waals surface area contributed by atoms with Crippen molar-refractivity contribution in [3.05, 3.63) is 42.0 Å². The summed E-state index contributed by atoms with van der Waals surface area (Å²) in [7, 11) is 1.69. The zero-order valence-corrected chi connectivity index (χ0v) is 10.8. The molecule has 1 heterocycles. The predicted molar refractivity (Wildman–Crippen MR) is 77.9 cm³/mol. The fraction of sp³-hybridized carbons (Fsp3) is 0.200. The van der Waals surface area contributed by atoms with Gasteiger partial charge in [-0.15, -0.1) is 5.10 Å². The minimum absolute atomic E-state index is 0.599. The van der Waals surface area contributed by atoms with Gasteiger partial charge in [-0.3, -0.25) is 0 Å². The molecule has 4 heteroatoms. The van der Waals surface area contributed by atoms with Crippen LogP contribution in [0.4, 0.5) is 0 Å². The van der Waals surface area contributed by atoms with E-state index in [4.69, 9.17) is 10.5 Å². The number of benzene rings is 2. The van der Waals surface area contributed by atoms with E-state index in [1.807, 2.05) is 24.3 Å². The van der Waals surface area contributed by atoms with Gasteiger partial charge in [0.15, 0.2) is 0 Å². The van der Waals surface area contributed by atoms with E-state index in [2.05, 4.69) is 22.3 Å². The monoisotopic (exact) mass is 253 g/mol. The molecule has 0 saturated carbocycles. The number of hydrogen-bond acceptors (Lipinski definition) is 4. The number of ether oxygens (including phenoxy) is 1. The third-order valence-electron chi connectivity index (χ3n) is 3.33. The van der Waals surface area contributed by atoms with Crippen molar-refractivity contribution >= 4 is 22.3 Å². The van der Waals surface area contributed by atoms with Gasteiger partial charge in [-0.2, -0.15) is 5.10 Å². The van der Waals surface area contributed by atoms with E-state index in [1.165, 1.54) is 0 Å². The van der Waals surface area contributed by atoms with Gasteiger partial charge in [-0.25, -0.2) is 0 Å². The molecule has 3 rings (SSSR count). The van der Waals surface area contributed by atoms with Crippen LogP contribution in [0.2, 0.25) is 0 Å². The molecule has 19 heavy (non-hydrogen) atoms. The zero-order chi connectivity index (χ0) is 13.2. The van der Waals surface area contributed by atoms with E-state index >= 15 is 0 Å². The maximum atomic E-state index is 5.66. The largest absolute Gasteiger partial charge is 0.496 e. The fourth-order valence-electron chi connectivity index (χ4n) is 2.36. The van der Waals surface area contributed by atoms with Crippen LogP contribution in [-0.2, 0) is 0 Å². The Labute approximate surface area is 111 Å². The molecule has 1 aliphatic heterocycles. The average molecular weight is 253 g/mol. The molecule has 2 aromatic carbocycles. The number of rotatable bonds is 2. The molecule has 0 unspecified atom stereocenters. The van der Waals surface area contributed by atoms with Crippen LogP contribution in [0.25, 0.3) is 10.8 Å². The Bertz CT molecular complexity index is 689. The number of fused-ring (bicyclic) bond motifs is 1. The highest BCUT2D eigenvalue weighted by Crippen LogP contribution is 2.29. The molecule has 96 valence electrons. The first-order valence-corrected chi connectivity index (χ1v) is 6.24. The van der Waals surface area contributed by atoms with Crippen molar-refractivity contribution in [2.24, 2.45) is 15.9 Å².